The van der Waals surface area contributed by atoms with E-state index >= 15 is 0 Å². The Morgan fingerprint density at radius 3 is 2.83 bits per heavy atom. The maximum absolute atomic E-state index is 11.2. The minimum atomic E-state index is -0.959. The molecule has 0 bridgehead atoms. The zero-order valence-electron chi connectivity index (χ0n) is 9.90. The molecule has 1 aliphatic carbocycles. The summed E-state index contributed by atoms with van der Waals surface area (Å²) in [4.78, 5) is 13.1. The van der Waals surface area contributed by atoms with Crippen LogP contribution in [0.2, 0.25) is 5.02 Å². The molecule has 1 aromatic carbocycles. The number of benzene rings is 1. The number of rotatable bonds is 5. The number of carboxylic acid groups (broad SMARTS) is 1. The van der Waals surface area contributed by atoms with Crippen LogP contribution in [0.4, 0.5) is 5.69 Å². The van der Waals surface area contributed by atoms with E-state index in [2.05, 4.69) is 5.92 Å². The molecule has 1 saturated carbocycles. The van der Waals surface area contributed by atoms with E-state index in [0.717, 1.165) is 6.54 Å². The summed E-state index contributed by atoms with van der Waals surface area (Å²) < 4.78 is 0. The van der Waals surface area contributed by atoms with Crippen molar-refractivity contribution in [3.8, 4) is 12.3 Å². The summed E-state index contributed by atoms with van der Waals surface area (Å²) in [6.07, 6.45) is 7.72. The van der Waals surface area contributed by atoms with E-state index in [1.165, 1.54) is 18.9 Å². The Bertz CT molecular complexity index is 503. The van der Waals surface area contributed by atoms with Gasteiger partial charge in [0.05, 0.1) is 17.8 Å². The highest BCUT2D eigenvalue weighted by atomic mass is 35.5. The van der Waals surface area contributed by atoms with Crippen molar-refractivity contribution < 1.29 is 9.90 Å². The fourth-order valence-electron chi connectivity index (χ4n) is 1.92. The highest BCUT2D eigenvalue weighted by Gasteiger charge is 2.26. The van der Waals surface area contributed by atoms with Crippen LogP contribution in [0.3, 0.4) is 0 Å². The van der Waals surface area contributed by atoms with E-state index in [1.807, 2.05) is 4.90 Å². The van der Waals surface area contributed by atoms with Gasteiger partial charge in [-0.1, -0.05) is 17.5 Å². The second-order valence-corrected chi connectivity index (χ2v) is 4.93. The highest BCUT2D eigenvalue weighted by Crippen LogP contribution is 2.33. The van der Waals surface area contributed by atoms with Crippen molar-refractivity contribution in [2.24, 2.45) is 5.92 Å². The molecular weight excluding hydrogens is 250 g/mol. The van der Waals surface area contributed by atoms with Crippen LogP contribution >= 0.6 is 11.6 Å². The third-order valence-electron chi connectivity index (χ3n) is 2.99. The minimum Gasteiger partial charge on any atom is -0.478 e. The fraction of sp³-hybridized carbons (Fsp3) is 0.357. The van der Waals surface area contributed by atoms with Crippen molar-refractivity contribution >= 4 is 23.3 Å². The first-order valence-electron chi connectivity index (χ1n) is 5.83. The minimum absolute atomic E-state index is 0.246. The van der Waals surface area contributed by atoms with Gasteiger partial charge in [0, 0.05) is 11.6 Å². The number of carbonyl (C=O) groups is 1. The SMILES string of the molecule is C#CCN(CC1CC1)c1cc(Cl)ccc1C(=O)O. The summed E-state index contributed by atoms with van der Waals surface area (Å²) in [5.41, 5.74) is 0.857. The van der Waals surface area contributed by atoms with E-state index < -0.39 is 5.97 Å². The number of hydrogen-bond acceptors (Lipinski definition) is 2. The molecule has 3 nitrogen and oxygen atoms in total. The van der Waals surface area contributed by atoms with Crippen LogP contribution in [0, 0.1) is 18.3 Å². The topological polar surface area (TPSA) is 40.5 Å². The average molecular weight is 264 g/mol. The van der Waals surface area contributed by atoms with Crippen LogP contribution in [-0.4, -0.2) is 24.2 Å². The van der Waals surface area contributed by atoms with Crippen LogP contribution in [0.25, 0.3) is 0 Å². The number of nitrogens with zero attached hydrogens (tertiary/aromatic N) is 1. The van der Waals surface area contributed by atoms with Gasteiger partial charge in [0.2, 0.25) is 0 Å². The molecule has 18 heavy (non-hydrogen) atoms. The lowest BCUT2D eigenvalue weighted by Crippen LogP contribution is -2.27. The zero-order chi connectivity index (χ0) is 13.1. The molecular formula is C14H14ClNO2. The normalized spacial score (nSPS) is 14.0. The number of anilines is 1. The third-order valence-corrected chi connectivity index (χ3v) is 3.22. The third kappa shape index (κ3) is 2.96. The van der Waals surface area contributed by atoms with Crippen LogP contribution in [0.1, 0.15) is 23.2 Å². The maximum Gasteiger partial charge on any atom is 0.337 e. The standard InChI is InChI=1S/C14H14ClNO2/c1-2-7-16(9-10-3-4-10)13-8-11(15)5-6-12(13)14(17)18/h1,5-6,8,10H,3-4,7,9H2,(H,17,18). The molecule has 1 aliphatic rings. The van der Waals surface area contributed by atoms with E-state index in [-0.39, 0.29) is 5.56 Å². The van der Waals surface area contributed by atoms with Gasteiger partial charge in [-0.25, -0.2) is 4.79 Å². The summed E-state index contributed by atoms with van der Waals surface area (Å²) in [5, 5.41) is 9.72. The summed E-state index contributed by atoms with van der Waals surface area (Å²) in [6, 6.07) is 4.78. The Hall–Kier alpha value is -1.66. The van der Waals surface area contributed by atoms with Crippen molar-refractivity contribution in [2.45, 2.75) is 12.8 Å². The Labute approximate surface area is 111 Å². The molecule has 1 fully saturated rings. The molecule has 0 atom stereocenters. The van der Waals surface area contributed by atoms with E-state index in [9.17, 15) is 9.90 Å². The van der Waals surface area contributed by atoms with Crippen molar-refractivity contribution in [1.29, 1.82) is 0 Å². The lowest BCUT2D eigenvalue weighted by molar-refractivity contribution is 0.0697. The predicted octanol–water partition coefficient (Wildman–Crippen LogP) is 2.89. The zero-order valence-corrected chi connectivity index (χ0v) is 10.7. The largest absolute Gasteiger partial charge is 0.478 e. The molecule has 0 saturated heterocycles. The van der Waals surface area contributed by atoms with Gasteiger partial charge in [-0.3, -0.25) is 0 Å². The first-order chi connectivity index (χ1) is 8.61. The summed E-state index contributed by atoms with van der Waals surface area (Å²) in [7, 11) is 0. The van der Waals surface area contributed by atoms with Gasteiger partial charge >= 0.3 is 5.97 Å². The molecule has 0 aliphatic heterocycles. The second kappa shape index (κ2) is 5.32. The summed E-state index contributed by atoms with van der Waals surface area (Å²) in [5.74, 6) is 2.24. The monoisotopic (exact) mass is 263 g/mol. The van der Waals surface area contributed by atoms with Gasteiger partial charge in [-0.05, 0) is 37.0 Å². The Balaban J connectivity index is 2.34. The molecule has 0 heterocycles. The van der Waals surface area contributed by atoms with Gasteiger partial charge in [-0.2, -0.15) is 0 Å². The predicted molar refractivity (Wildman–Crippen MR) is 72.2 cm³/mol. The molecule has 0 radical (unpaired) electrons. The lowest BCUT2D eigenvalue weighted by Gasteiger charge is -2.24. The van der Waals surface area contributed by atoms with E-state index in [1.54, 1.807) is 12.1 Å². The summed E-state index contributed by atoms with van der Waals surface area (Å²) in [6.45, 7) is 1.20. The van der Waals surface area contributed by atoms with Gasteiger partial charge in [0.15, 0.2) is 0 Å². The smallest absolute Gasteiger partial charge is 0.337 e. The number of hydrogen-bond donors (Lipinski definition) is 1. The van der Waals surface area contributed by atoms with Crippen molar-refractivity contribution in [1.82, 2.24) is 0 Å². The summed E-state index contributed by atoms with van der Waals surface area (Å²) >= 11 is 5.95. The quantitative estimate of drug-likeness (QED) is 0.831. The molecule has 0 aromatic heterocycles. The fourth-order valence-corrected chi connectivity index (χ4v) is 2.08. The van der Waals surface area contributed by atoms with Crippen molar-refractivity contribution in [3.63, 3.8) is 0 Å². The van der Waals surface area contributed by atoms with Crippen LogP contribution in [0.5, 0.6) is 0 Å². The molecule has 0 amide bonds. The van der Waals surface area contributed by atoms with Gasteiger partial charge in [0.25, 0.3) is 0 Å². The Morgan fingerprint density at radius 1 is 1.56 bits per heavy atom. The second-order valence-electron chi connectivity index (χ2n) is 4.49. The molecule has 4 heteroatoms. The first kappa shape index (κ1) is 12.8. The van der Waals surface area contributed by atoms with Crippen molar-refractivity contribution in [2.75, 3.05) is 18.0 Å². The van der Waals surface area contributed by atoms with Gasteiger partial charge in [-0.15, -0.1) is 6.42 Å². The van der Waals surface area contributed by atoms with Crippen LogP contribution < -0.4 is 4.90 Å². The maximum atomic E-state index is 11.2. The number of halogens is 1. The molecule has 1 N–H and O–H groups in total. The van der Waals surface area contributed by atoms with Crippen LogP contribution in [-0.2, 0) is 0 Å². The van der Waals surface area contributed by atoms with Crippen molar-refractivity contribution in [3.05, 3.63) is 28.8 Å². The molecule has 1 aromatic rings. The Kier molecular flexibility index (Phi) is 3.78. The Morgan fingerprint density at radius 2 is 2.28 bits per heavy atom. The van der Waals surface area contributed by atoms with Gasteiger partial charge < -0.3 is 10.0 Å². The molecule has 0 unspecified atom stereocenters. The average Bonchev–Trinajstić information content (AvgIpc) is 3.12. The lowest BCUT2D eigenvalue weighted by atomic mass is 10.1. The number of carboxylic acids is 1. The molecule has 94 valence electrons. The van der Waals surface area contributed by atoms with E-state index in [0.29, 0.717) is 23.2 Å². The first-order valence-corrected chi connectivity index (χ1v) is 6.21. The highest BCUT2D eigenvalue weighted by molar-refractivity contribution is 6.31. The molecule has 0 spiro atoms. The van der Waals surface area contributed by atoms with Gasteiger partial charge in [0.1, 0.15) is 0 Å². The van der Waals surface area contributed by atoms with Crippen LogP contribution in [0.15, 0.2) is 18.2 Å². The number of terminal acetylenes is 1. The van der Waals surface area contributed by atoms with E-state index in [4.69, 9.17) is 18.0 Å². The number of aromatic carboxylic acids is 1. The molecule has 2 rings (SSSR count).